The van der Waals surface area contributed by atoms with Gasteiger partial charge in [0, 0.05) is 6.54 Å². The minimum atomic E-state index is -0.382. The summed E-state index contributed by atoms with van der Waals surface area (Å²) in [6, 6.07) is 10.3. The Bertz CT molecular complexity index is 396. The van der Waals surface area contributed by atoms with Crippen molar-refractivity contribution in [2.45, 2.75) is 38.5 Å². The lowest BCUT2D eigenvalue weighted by Crippen LogP contribution is -2.37. The van der Waals surface area contributed by atoms with E-state index in [1.165, 1.54) is 5.56 Å². The van der Waals surface area contributed by atoms with Crippen molar-refractivity contribution in [3.63, 3.8) is 0 Å². The van der Waals surface area contributed by atoms with E-state index in [0.717, 1.165) is 38.5 Å². The van der Waals surface area contributed by atoms with Gasteiger partial charge in [0.25, 0.3) is 0 Å². The van der Waals surface area contributed by atoms with Crippen LogP contribution in [-0.4, -0.2) is 19.1 Å². The summed E-state index contributed by atoms with van der Waals surface area (Å²) in [5.41, 5.74) is 6.67. The molecule has 1 aromatic carbocycles. The van der Waals surface area contributed by atoms with Crippen molar-refractivity contribution in [3.05, 3.63) is 35.9 Å². The quantitative estimate of drug-likeness (QED) is 0.632. The molecular formula is C16H23NO2. The molecule has 1 aliphatic rings. The summed E-state index contributed by atoms with van der Waals surface area (Å²) in [4.78, 5) is 12.1. The van der Waals surface area contributed by atoms with Crippen LogP contribution >= 0.6 is 0 Å². The van der Waals surface area contributed by atoms with Gasteiger partial charge in [-0.05, 0) is 31.2 Å². The average molecular weight is 261 g/mol. The summed E-state index contributed by atoms with van der Waals surface area (Å²) >= 11 is 0. The number of ether oxygens (including phenoxy) is 1. The average Bonchev–Trinajstić information content (AvgIpc) is 2.94. The van der Waals surface area contributed by atoms with Gasteiger partial charge in [-0.2, -0.15) is 0 Å². The first-order valence-electron chi connectivity index (χ1n) is 7.18. The third kappa shape index (κ3) is 3.57. The Morgan fingerprint density at radius 3 is 2.53 bits per heavy atom. The maximum Gasteiger partial charge on any atom is 0.313 e. The molecule has 1 fully saturated rings. The Morgan fingerprint density at radius 1 is 1.21 bits per heavy atom. The second-order valence-corrected chi connectivity index (χ2v) is 5.42. The van der Waals surface area contributed by atoms with Gasteiger partial charge < -0.3 is 10.5 Å². The van der Waals surface area contributed by atoms with E-state index in [1.807, 2.05) is 18.2 Å². The first kappa shape index (κ1) is 14.1. The highest BCUT2D eigenvalue weighted by atomic mass is 16.5. The predicted molar refractivity (Wildman–Crippen MR) is 75.7 cm³/mol. The second-order valence-electron chi connectivity index (χ2n) is 5.42. The molecule has 3 nitrogen and oxygen atoms in total. The first-order valence-corrected chi connectivity index (χ1v) is 7.18. The molecule has 0 heterocycles. The molecule has 0 bridgehead atoms. The third-order valence-corrected chi connectivity index (χ3v) is 4.07. The van der Waals surface area contributed by atoms with Gasteiger partial charge in [-0.1, -0.05) is 43.2 Å². The monoisotopic (exact) mass is 261 g/mol. The van der Waals surface area contributed by atoms with Gasteiger partial charge in [0.2, 0.25) is 0 Å². The van der Waals surface area contributed by atoms with Gasteiger partial charge in [0.05, 0.1) is 12.0 Å². The molecule has 104 valence electrons. The summed E-state index contributed by atoms with van der Waals surface area (Å²) in [6.07, 6.45) is 5.79. The van der Waals surface area contributed by atoms with Gasteiger partial charge in [0.1, 0.15) is 0 Å². The number of hydrogen-bond donors (Lipinski definition) is 1. The molecule has 0 radical (unpaired) electrons. The molecule has 0 unspecified atom stereocenters. The molecule has 0 amide bonds. The van der Waals surface area contributed by atoms with Crippen LogP contribution in [0, 0.1) is 5.41 Å². The number of benzene rings is 1. The standard InChI is InChI=1S/C16H23NO2/c17-13-16(10-4-5-11-16)15(18)19-12-6-9-14-7-2-1-3-8-14/h1-3,7-8H,4-6,9-13,17H2. The number of carbonyl (C=O) groups excluding carboxylic acids is 1. The molecule has 1 saturated carbocycles. The van der Waals surface area contributed by atoms with E-state index in [4.69, 9.17) is 10.5 Å². The predicted octanol–water partition coefficient (Wildman–Crippen LogP) is 2.68. The SMILES string of the molecule is NCC1(C(=O)OCCCc2ccccc2)CCCC1. The lowest BCUT2D eigenvalue weighted by molar-refractivity contribution is -0.155. The van der Waals surface area contributed by atoms with Gasteiger partial charge in [0.15, 0.2) is 0 Å². The van der Waals surface area contributed by atoms with Crippen LogP contribution < -0.4 is 5.73 Å². The van der Waals surface area contributed by atoms with E-state index in [9.17, 15) is 4.79 Å². The third-order valence-electron chi connectivity index (χ3n) is 4.07. The van der Waals surface area contributed by atoms with Crippen LogP contribution in [0.1, 0.15) is 37.7 Å². The Labute approximate surface area is 115 Å². The Morgan fingerprint density at radius 2 is 1.89 bits per heavy atom. The fourth-order valence-corrected chi connectivity index (χ4v) is 2.78. The van der Waals surface area contributed by atoms with Crippen molar-refractivity contribution >= 4 is 5.97 Å². The summed E-state index contributed by atoms with van der Waals surface area (Å²) in [6.45, 7) is 0.917. The van der Waals surface area contributed by atoms with Crippen LogP contribution in [0.5, 0.6) is 0 Å². The molecule has 3 heteroatoms. The fourth-order valence-electron chi connectivity index (χ4n) is 2.78. The van der Waals surface area contributed by atoms with Gasteiger partial charge >= 0.3 is 5.97 Å². The van der Waals surface area contributed by atoms with Crippen LogP contribution in [-0.2, 0) is 16.0 Å². The van der Waals surface area contributed by atoms with Gasteiger partial charge in [-0.15, -0.1) is 0 Å². The zero-order chi connectivity index (χ0) is 13.6. The summed E-state index contributed by atoms with van der Waals surface area (Å²) in [5, 5.41) is 0. The largest absolute Gasteiger partial charge is 0.465 e. The molecule has 2 N–H and O–H groups in total. The normalized spacial score (nSPS) is 17.3. The smallest absolute Gasteiger partial charge is 0.313 e. The summed E-state index contributed by atoms with van der Waals surface area (Å²) < 4.78 is 5.42. The molecule has 2 rings (SSSR count). The second kappa shape index (κ2) is 6.71. The number of esters is 1. The maximum absolute atomic E-state index is 12.1. The van der Waals surface area contributed by atoms with Crippen molar-refractivity contribution in [1.82, 2.24) is 0 Å². The van der Waals surface area contributed by atoms with E-state index < -0.39 is 0 Å². The highest BCUT2D eigenvalue weighted by Gasteiger charge is 2.41. The van der Waals surface area contributed by atoms with Crippen LogP contribution in [0.2, 0.25) is 0 Å². The van der Waals surface area contributed by atoms with E-state index in [2.05, 4.69) is 12.1 Å². The lowest BCUT2D eigenvalue weighted by atomic mass is 9.86. The zero-order valence-corrected chi connectivity index (χ0v) is 11.4. The molecular weight excluding hydrogens is 238 g/mol. The minimum Gasteiger partial charge on any atom is -0.465 e. The van der Waals surface area contributed by atoms with Crippen LogP contribution in [0.3, 0.4) is 0 Å². The first-order chi connectivity index (χ1) is 9.27. The minimum absolute atomic E-state index is 0.0828. The molecule has 1 aliphatic carbocycles. The van der Waals surface area contributed by atoms with E-state index >= 15 is 0 Å². The topological polar surface area (TPSA) is 52.3 Å². The molecule has 0 aliphatic heterocycles. The Hall–Kier alpha value is -1.35. The van der Waals surface area contributed by atoms with Crippen molar-refractivity contribution in [2.24, 2.45) is 11.1 Å². The zero-order valence-electron chi connectivity index (χ0n) is 11.4. The lowest BCUT2D eigenvalue weighted by Gasteiger charge is -2.24. The highest BCUT2D eigenvalue weighted by Crippen LogP contribution is 2.38. The summed E-state index contributed by atoms with van der Waals surface area (Å²) in [5.74, 6) is -0.0828. The van der Waals surface area contributed by atoms with Crippen molar-refractivity contribution in [3.8, 4) is 0 Å². The van der Waals surface area contributed by atoms with Gasteiger partial charge in [-0.25, -0.2) is 0 Å². The number of nitrogens with two attached hydrogens (primary N) is 1. The van der Waals surface area contributed by atoms with Gasteiger partial charge in [-0.3, -0.25) is 4.79 Å². The van der Waals surface area contributed by atoms with Crippen LogP contribution in [0.4, 0.5) is 0 Å². The Kier molecular flexibility index (Phi) is 4.97. The van der Waals surface area contributed by atoms with Crippen molar-refractivity contribution in [1.29, 1.82) is 0 Å². The molecule has 1 aromatic rings. The molecule has 0 spiro atoms. The van der Waals surface area contributed by atoms with Crippen molar-refractivity contribution in [2.75, 3.05) is 13.2 Å². The molecule has 0 aromatic heterocycles. The number of aryl methyl sites for hydroxylation is 1. The Balaban J connectivity index is 1.72. The molecule has 0 atom stereocenters. The molecule has 0 saturated heterocycles. The van der Waals surface area contributed by atoms with E-state index in [0.29, 0.717) is 13.2 Å². The van der Waals surface area contributed by atoms with Crippen molar-refractivity contribution < 1.29 is 9.53 Å². The summed E-state index contributed by atoms with van der Waals surface area (Å²) in [7, 11) is 0. The van der Waals surface area contributed by atoms with E-state index in [1.54, 1.807) is 0 Å². The number of rotatable bonds is 6. The fraction of sp³-hybridized carbons (Fsp3) is 0.562. The maximum atomic E-state index is 12.1. The number of hydrogen-bond acceptors (Lipinski definition) is 3. The highest BCUT2D eigenvalue weighted by molar-refractivity contribution is 5.77. The van der Waals surface area contributed by atoms with Crippen LogP contribution in [0.15, 0.2) is 30.3 Å². The van der Waals surface area contributed by atoms with E-state index in [-0.39, 0.29) is 11.4 Å². The number of carbonyl (C=O) groups is 1. The molecule has 19 heavy (non-hydrogen) atoms. The van der Waals surface area contributed by atoms with Crippen LogP contribution in [0.25, 0.3) is 0 Å².